The van der Waals surface area contributed by atoms with Crippen LogP contribution in [0.3, 0.4) is 0 Å². The van der Waals surface area contributed by atoms with Crippen LogP contribution in [-0.2, 0) is 21.4 Å². The van der Waals surface area contributed by atoms with Gasteiger partial charge >= 0.3 is 0 Å². The van der Waals surface area contributed by atoms with E-state index >= 15 is 0 Å². The fraction of sp³-hybridized carbons (Fsp3) is 0.219. The lowest BCUT2D eigenvalue weighted by Crippen LogP contribution is -2.52. The molecule has 1 heterocycles. The zero-order valence-electron chi connectivity index (χ0n) is 22.4. The van der Waals surface area contributed by atoms with Crippen molar-refractivity contribution < 1.29 is 13.2 Å². The lowest BCUT2D eigenvalue weighted by molar-refractivity contribution is -0.133. The zero-order chi connectivity index (χ0) is 28.8. The van der Waals surface area contributed by atoms with Crippen LogP contribution in [-0.4, -0.2) is 61.2 Å². The lowest BCUT2D eigenvalue weighted by Gasteiger charge is -2.40. The van der Waals surface area contributed by atoms with Crippen LogP contribution in [0.1, 0.15) is 22.7 Å². The van der Waals surface area contributed by atoms with Gasteiger partial charge in [-0.15, -0.1) is 0 Å². The van der Waals surface area contributed by atoms with Gasteiger partial charge in [-0.05, 0) is 53.1 Å². The van der Waals surface area contributed by atoms with Gasteiger partial charge in [0.05, 0.1) is 17.5 Å². The Morgan fingerprint density at radius 1 is 0.732 bits per heavy atom. The van der Waals surface area contributed by atoms with Crippen LogP contribution >= 0.6 is 23.2 Å². The third-order valence-corrected chi connectivity index (χ3v) is 9.57. The van der Waals surface area contributed by atoms with E-state index in [-0.39, 0.29) is 29.9 Å². The van der Waals surface area contributed by atoms with Crippen molar-refractivity contribution >= 4 is 39.1 Å². The molecule has 4 aromatic rings. The molecule has 1 saturated heterocycles. The third-order valence-electron chi connectivity index (χ3n) is 7.27. The van der Waals surface area contributed by atoms with Crippen LogP contribution in [0, 0.1) is 0 Å². The zero-order valence-corrected chi connectivity index (χ0v) is 24.8. The number of nitrogens with zero attached hydrogens (tertiary/aromatic N) is 3. The summed E-state index contributed by atoms with van der Waals surface area (Å²) in [5.41, 5.74) is 3.08. The normalized spacial score (nSPS) is 14.5. The Hall–Kier alpha value is -3.20. The summed E-state index contributed by atoms with van der Waals surface area (Å²) in [5.74, 6) is -0.236. The minimum absolute atomic E-state index is 0.0152. The maximum absolute atomic E-state index is 13.7. The van der Waals surface area contributed by atoms with Crippen LogP contribution in [0.15, 0.2) is 114 Å². The van der Waals surface area contributed by atoms with Gasteiger partial charge < -0.3 is 4.90 Å². The Morgan fingerprint density at radius 2 is 1.32 bits per heavy atom. The molecular formula is C32H31Cl2N3O3S. The Morgan fingerprint density at radius 3 is 1.88 bits per heavy atom. The molecule has 212 valence electrons. The molecule has 41 heavy (non-hydrogen) atoms. The molecule has 1 aliphatic rings. The predicted octanol–water partition coefficient (Wildman–Crippen LogP) is 6.12. The first kappa shape index (κ1) is 29.3. The number of hydrogen-bond acceptors (Lipinski definition) is 4. The number of rotatable bonds is 9. The summed E-state index contributed by atoms with van der Waals surface area (Å²) < 4.78 is 28.6. The van der Waals surface area contributed by atoms with Gasteiger partial charge in [-0.3, -0.25) is 9.69 Å². The molecule has 0 N–H and O–H groups in total. The molecule has 0 spiro atoms. The second-order valence-electron chi connectivity index (χ2n) is 10.00. The molecule has 1 amide bonds. The number of halogens is 2. The van der Waals surface area contributed by atoms with Gasteiger partial charge in [0.1, 0.15) is 0 Å². The minimum atomic E-state index is -3.99. The third kappa shape index (κ3) is 7.18. The number of sulfonamides is 1. The molecule has 0 aromatic heterocycles. The van der Waals surface area contributed by atoms with Crippen molar-refractivity contribution in [2.24, 2.45) is 0 Å². The first-order chi connectivity index (χ1) is 19.8. The van der Waals surface area contributed by atoms with Crippen molar-refractivity contribution in [3.63, 3.8) is 0 Å². The lowest BCUT2D eigenvalue weighted by atomic mass is 9.96. The quantitative estimate of drug-likeness (QED) is 0.230. The van der Waals surface area contributed by atoms with E-state index in [1.54, 1.807) is 29.2 Å². The molecule has 0 radical (unpaired) electrons. The van der Waals surface area contributed by atoms with E-state index in [9.17, 15) is 13.2 Å². The van der Waals surface area contributed by atoms with Gasteiger partial charge in [-0.2, -0.15) is 4.31 Å². The first-order valence-electron chi connectivity index (χ1n) is 13.4. The van der Waals surface area contributed by atoms with E-state index in [0.29, 0.717) is 41.8 Å². The first-order valence-corrected chi connectivity index (χ1v) is 15.6. The molecule has 0 aliphatic carbocycles. The van der Waals surface area contributed by atoms with Crippen molar-refractivity contribution in [1.29, 1.82) is 0 Å². The summed E-state index contributed by atoms with van der Waals surface area (Å²) in [6, 6.07) is 33.8. The average molecular weight is 609 g/mol. The molecule has 0 atom stereocenters. The number of hydrogen-bond donors (Lipinski definition) is 0. The summed E-state index contributed by atoms with van der Waals surface area (Å²) in [7, 11) is -3.99. The SMILES string of the molecule is O=C(CN(Cc1cccc(Cl)c1)S(=O)(=O)c1ccc(Cl)cc1)N1CCN(C(c2ccccc2)c2ccccc2)CC1. The van der Waals surface area contributed by atoms with Gasteiger partial charge in [0.2, 0.25) is 15.9 Å². The van der Waals surface area contributed by atoms with E-state index < -0.39 is 10.0 Å². The predicted molar refractivity (Wildman–Crippen MR) is 163 cm³/mol. The molecule has 0 bridgehead atoms. The number of amides is 1. The maximum Gasteiger partial charge on any atom is 0.243 e. The standard InChI is InChI=1S/C32H31Cl2N3O3S/c33-28-14-16-30(17-15-28)41(39,40)37(23-25-8-7-13-29(34)22-25)24-31(38)35-18-20-36(21-19-35)32(26-9-3-1-4-10-26)27-11-5-2-6-12-27/h1-17,22,32H,18-21,23-24H2. The van der Waals surface area contributed by atoms with Gasteiger partial charge in [0, 0.05) is 42.8 Å². The van der Waals surface area contributed by atoms with E-state index in [1.807, 2.05) is 36.4 Å². The minimum Gasteiger partial charge on any atom is -0.339 e. The molecule has 0 saturated carbocycles. The summed E-state index contributed by atoms with van der Waals surface area (Å²) in [6.45, 7) is 2.07. The van der Waals surface area contributed by atoms with E-state index in [2.05, 4.69) is 29.2 Å². The van der Waals surface area contributed by atoms with Crippen molar-refractivity contribution in [2.75, 3.05) is 32.7 Å². The molecule has 4 aromatic carbocycles. The Balaban J connectivity index is 1.33. The highest BCUT2D eigenvalue weighted by atomic mass is 35.5. The van der Waals surface area contributed by atoms with Gasteiger partial charge in [-0.1, -0.05) is 96.0 Å². The second-order valence-corrected chi connectivity index (χ2v) is 12.8. The Labute approximate surface area is 251 Å². The van der Waals surface area contributed by atoms with Crippen molar-refractivity contribution in [3.05, 3.63) is 136 Å². The highest BCUT2D eigenvalue weighted by Crippen LogP contribution is 2.30. The van der Waals surface area contributed by atoms with Crippen LogP contribution in [0.25, 0.3) is 0 Å². The van der Waals surface area contributed by atoms with E-state index in [4.69, 9.17) is 23.2 Å². The van der Waals surface area contributed by atoms with E-state index in [0.717, 1.165) is 0 Å². The fourth-order valence-corrected chi connectivity index (χ4v) is 6.90. The molecule has 1 fully saturated rings. The highest BCUT2D eigenvalue weighted by molar-refractivity contribution is 7.89. The van der Waals surface area contributed by atoms with E-state index in [1.165, 1.54) is 39.7 Å². The van der Waals surface area contributed by atoms with Gasteiger partial charge in [-0.25, -0.2) is 8.42 Å². The van der Waals surface area contributed by atoms with Crippen LogP contribution < -0.4 is 0 Å². The topological polar surface area (TPSA) is 60.9 Å². The number of piperazine rings is 1. The van der Waals surface area contributed by atoms with Crippen molar-refractivity contribution in [1.82, 2.24) is 14.1 Å². The second kappa shape index (κ2) is 13.2. The molecule has 9 heteroatoms. The summed E-state index contributed by atoms with van der Waals surface area (Å²) >= 11 is 12.2. The molecule has 0 unspecified atom stereocenters. The van der Waals surface area contributed by atoms with Crippen molar-refractivity contribution in [3.8, 4) is 0 Å². The number of carbonyl (C=O) groups excluding carboxylic acids is 1. The largest absolute Gasteiger partial charge is 0.339 e. The fourth-order valence-electron chi connectivity index (χ4n) is 5.19. The van der Waals surface area contributed by atoms with Crippen LogP contribution in [0.2, 0.25) is 10.0 Å². The maximum atomic E-state index is 13.7. The molecule has 6 nitrogen and oxygen atoms in total. The van der Waals surface area contributed by atoms with Crippen LogP contribution in [0.4, 0.5) is 0 Å². The smallest absolute Gasteiger partial charge is 0.243 e. The summed E-state index contributed by atoms with van der Waals surface area (Å²) in [4.78, 5) is 17.8. The number of benzene rings is 4. The Bertz CT molecular complexity index is 1520. The monoisotopic (exact) mass is 607 g/mol. The Kier molecular flexibility index (Phi) is 9.42. The van der Waals surface area contributed by atoms with Crippen molar-refractivity contribution in [2.45, 2.75) is 17.5 Å². The molecular weight excluding hydrogens is 577 g/mol. The van der Waals surface area contributed by atoms with Gasteiger partial charge in [0.25, 0.3) is 0 Å². The van der Waals surface area contributed by atoms with Crippen LogP contribution in [0.5, 0.6) is 0 Å². The van der Waals surface area contributed by atoms with Gasteiger partial charge in [0.15, 0.2) is 0 Å². The summed E-state index contributed by atoms with van der Waals surface area (Å²) in [6.07, 6.45) is 0. The summed E-state index contributed by atoms with van der Waals surface area (Å²) in [5, 5.41) is 0.934. The molecule has 1 aliphatic heterocycles. The average Bonchev–Trinajstić information content (AvgIpc) is 2.99. The number of carbonyl (C=O) groups is 1. The molecule has 5 rings (SSSR count). The highest BCUT2D eigenvalue weighted by Gasteiger charge is 2.32.